The van der Waals surface area contributed by atoms with E-state index in [9.17, 15) is 9.18 Å². The predicted octanol–water partition coefficient (Wildman–Crippen LogP) is 2.26. The van der Waals surface area contributed by atoms with E-state index in [4.69, 9.17) is 0 Å². The van der Waals surface area contributed by atoms with Gasteiger partial charge in [0.1, 0.15) is 17.8 Å². The first-order valence-corrected chi connectivity index (χ1v) is 8.85. The molecule has 1 aromatic carbocycles. The number of nitrogens with one attached hydrogen (secondary N) is 1. The van der Waals surface area contributed by atoms with Crippen LogP contribution in [-0.4, -0.2) is 41.8 Å². The van der Waals surface area contributed by atoms with Crippen LogP contribution < -0.4 is 5.32 Å². The summed E-state index contributed by atoms with van der Waals surface area (Å²) < 4.78 is 16.4. The normalized spacial score (nSPS) is 11.1. The minimum atomic E-state index is -0.336. The Morgan fingerprint density at radius 3 is 2.79 bits per heavy atom. The lowest BCUT2D eigenvalue weighted by Crippen LogP contribution is -2.27. The molecule has 0 aliphatic rings. The summed E-state index contributed by atoms with van der Waals surface area (Å²) in [6.45, 7) is 3.13. The van der Waals surface area contributed by atoms with Gasteiger partial charge in [-0.2, -0.15) is 19.7 Å². The number of carbonyl (C=O) groups is 1. The fraction of sp³-hybridized carbons (Fsp3) is 0.211. The highest BCUT2D eigenvalue weighted by molar-refractivity contribution is 5.94. The van der Waals surface area contributed by atoms with Gasteiger partial charge in [0.2, 0.25) is 0 Å². The molecule has 8 nitrogen and oxygen atoms in total. The summed E-state index contributed by atoms with van der Waals surface area (Å²) in [6, 6.07) is 9.48. The second-order valence-corrected chi connectivity index (χ2v) is 6.34. The van der Waals surface area contributed by atoms with E-state index in [2.05, 4.69) is 25.5 Å². The fourth-order valence-electron chi connectivity index (χ4n) is 2.86. The van der Waals surface area contributed by atoms with Crippen molar-refractivity contribution in [1.29, 1.82) is 0 Å². The highest BCUT2D eigenvalue weighted by Gasteiger charge is 2.15. The van der Waals surface area contributed by atoms with Crippen LogP contribution in [0.25, 0.3) is 17.0 Å². The molecular formula is C19H18FN7O. The molecule has 4 rings (SSSR count). The Morgan fingerprint density at radius 2 is 2.04 bits per heavy atom. The molecule has 3 aromatic heterocycles. The van der Waals surface area contributed by atoms with Crippen LogP contribution in [-0.2, 0) is 6.54 Å². The Morgan fingerprint density at radius 1 is 1.21 bits per heavy atom. The molecule has 0 bridgehead atoms. The number of aromatic nitrogens is 6. The molecule has 1 N–H and O–H groups in total. The van der Waals surface area contributed by atoms with Gasteiger partial charge in [-0.25, -0.2) is 9.37 Å². The molecule has 4 aromatic rings. The Balaban J connectivity index is 1.50. The van der Waals surface area contributed by atoms with Gasteiger partial charge in [-0.1, -0.05) is 0 Å². The standard InChI is InChI=1S/C19H18FN7O/c1-13-7-10-26(25-13)9-2-8-21-18(28)17-11-16(14-3-5-15(20)6-4-14)24-19-22-12-23-27(17)19/h3-7,10-12H,2,8-9H2,1H3,(H,21,28). The molecule has 1 amide bonds. The van der Waals surface area contributed by atoms with Crippen LogP contribution >= 0.6 is 0 Å². The first-order chi connectivity index (χ1) is 13.6. The summed E-state index contributed by atoms with van der Waals surface area (Å²) in [5.74, 6) is -0.311. The lowest BCUT2D eigenvalue weighted by atomic mass is 10.1. The van der Waals surface area contributed by atoms with Gasteiger partial charge >= 0.3 is 0 Å². The van der Waals surface area contributed by atoms with Crippen LogP contribution in [0.1, 0.15) is 22.6 Å². The minimum absolute atomic E-state index is 0.280. The van der Waals surface area contributed by atoms with Gasteiger partial charge in [0.15, 0.2) is 0 Å². The van der Waals surface area contributed by atoms with E-state index < -0.39 is 0 Å². The van der Waals surface area contributed by atoms with Crippen molar-refractivity contribution in [2.75, 3.05) is 6.54 Å². The van der Waals surface area contributed by atoms with Gasteiger partial charge in [-0.3, -0.25) is 9.48 Å². The second-order valence-electron chi connectivity index (χ2n) is 6.34. The van der Waals surface area contributed by atoms with E-state index in [-0.39, 0.29) is 11.7 Å². The minimum Gasteiger partial charge on any atom is -0.351 e. The van der Waals surface area contributed by atoms with Crippen LogP contribution in [0.15, 0.2) is 48.9 Å². The Labute approximate surface area is 160 Å². The summed E-state index contributed by atoms with van der Waals surface area (Å²) >= 11 is 0. The lowest BCUT2D eigenvalue weighted by Gasteiger charge is -2.09. The van der Waals surface area contributed by atoms with Gasteiger partial charge in [0, 0.05) is 24.8 Å². The summed E-state index contributed by atoms with van der Waals surface area (Å²) in [5, 5.41) is 11.3. The third-order valence-electron chi connectivity index (χ3n) is 4.25. The average Bonchev–Trinajstić information content (AvgIpc) is 3.33. The molecule has 0 spiro atoms. The maximum Gasteiger partial charge on any atom is 0.270 e. The number of aryl methyl sites for hydroxylation is 2. The molecular weight excluding hydrogens is 361 g/mol. The maximum absolute atomic E-state index is 13.2. The molecule has 142 valence electrons. The van der Waals surface area contributed by atoms with Gasteiger partial charge in [0.05, 0.1) is 11.4 Å². The molecule has 0 aliphatic heterocycles. The number of benzene rings is 1. The lowest BCUT2D eigenvalue weighted by molar-refractivity contribution is 0.0945. The Kier molecular flexibility index (Phi) is 4.79. The maximum atomic E-state index is 13.2. The quantitative estimate of drug-likeness (QED) is 0.519. The smallest absolute Gasteiger partial charge is 0.270 e. The first kappa shape index (κ1) is 17.8. The molecule has 0 radical (unpaired) electrons. The molecule has 0 fully saturated rings. The van der Waals surface area contributed by atoms with Gasteiger partial charge < -0.3 is 5.32 Å². The van der Waals surface area contributed by atoms with Crippen LogP contribution in [0.3, 0.4) is 0 Å². The molecule has 0 aliphatic carbocycles. The molecule has 0 unspecified atom stereocenters. The molecule has 9 heteroatoms. The van der Waals surface area contributed by atoms with Crippen LogP contribution in [0.5, 0.6) is 0 Å². The number of carbonyl (C=O) groups excluding carboxylic acids is 1. The number of halogens is 1. The highest BCUT2D eigenvalue weighted by Crippen LogP contribution is 2.19. The number of nitrogens with zero attached hydrogens (tertiary/aromatic N) is 6. The predicted molar refractivity (Wildman–Crippen MR) is 100 cm³/mol. The van der Waals surface area contributed by atoms with Crippen LogP contribution in [0.2, 0.25) is 0 Å². The largest absolute Gasteiger partial charge is 0.351 e. The monoisotopic (exact) mass is 379 g/mol. The number of hydrogen-bond acceptors (Lipinski definition) is 5. The van der Waals surface area contributed by atoms with Crippen molar-refractivity contribution in [1.82, 2.24) is 34.7 Å². The van der Waals surface area contributed by atoms with Crippen LogP contribution in [0.4, 0.5) is 4.39 Å². The van der Waals surface area contributed by atoms with E-state index in [0.717, 1.165) is 12.1 Å². The fourth-order valence-corrected chi connectivity index (χ4v) is 2.86. The molecule has 0 saturated heterocycles. The first-order valence-electron chi connectivity index (χ1n) is 8.85. The third-order valence-corrected chi connectivity index (χ3v) is 4.25. The van der Waals surface area contributed by atoms with Crippen molar-refractivity contribution in [3.63, 3.8) is 0 Å². The van der Waals surface area contributed by atoms with E-state index in [1.165, 1.54) is 23.0 Å². The van der Waals surface area contributed by atoms with Gasteiger partial charge in [-0.15, -0.1) is 0 Å². The van der Waals surface area contributed by atoms with Crippen molar-refractivity contribution in [2.24, 2.45) is 0 Å². The number of hydrogen-bond donors (Lipinski definition) is 1. The number of fused-ring (bicyclic) bond motifs is 1. The van der Waals surface area contributed by atoms with Crippen molar-refractivity contribution in [3.05, 3.63) is 66.1 Å². The zero-order valence-corrected chi connectivity index (χ0v) is 15.2. The Bertz CT molecular complexity index is 1120. The number of amides is 1. The average molecular weight is 379 g/mol. The summed E-state index contributed by atoms with van der Waals surface area (Å²) in [7, 11) is 0. The van der Waals surface area contributed by atoms with Crippen LogP contribution in [0, 0.1) is 12.7 Å². The van der Waals surface area contributed by atoms with Gasteiger partial charge in [0.25, 0.3) is 11.7 Å². The molecule has 0 saturated carbocycles. The zero-order valence-electron chi connectivity index (χ0n) is 15.2. The van der Waals surface area contributed by atoms with E-state index in [1.807, 2.05) is 23.9 Å². The topological polar surface area (TPSA) is 90.0 Å². The van der Waals surface area contributed by atoms with Gasteiger partial charge in [-0.05, 0) is 49.7 Å². The third kappa shape index (κ3) is 3.73. The number of rotatable bonds is 6. The summed E-state index contributed by atoms with van der Waals surface area (Å²) in [4.78, 5) is 21.2. The Hall–Kier alpha value is -3.62. The van der Waals surface area contributed by atoms with Crippen molar-refractivity contribution < 1.29 is 9.18 Å². The van der Waals surface area contributed by atoms with E-state index in [1.54, 1.807) is 18.2 Å². The van der Waals surface area contributed by atoms with E-state index in [0.29, 0.717) is 35.8 Å². The zero-order chi connectivity index (χ0) is 19.5. The summed E-state index contributed by atoms with van der Waals surface area (Å²) in [6.07, 6.45) is 3.99. The molecule has 0 atom stereocenters. The van der Waals surface area contributed by atoms with Crippen molar-refractivity contribution in [3.8, 4) is 11.3 Å². The van der Waals surface area contributed by atoms with Crippen molar-refractivity contribution in [2.45, 2.75) is 19.9 Å². The summed E-state index contributed by atoms with van der Waals surface area (Å²) in [5.41, 5.74) is 2.49. The van der Waals surface area contributed by atoms with E-state index >= 15 is 0 Å². The molecule has 3 heterocycles. The van der Waals surface area contributed by atoms with Crippen molar-refractivity contribution >= 4 is 11.7 Å². The highest BCUT2D eigenvalue weighted by atomic mass is 19.1. The molecule has 28 heavy (non-hydrogen) atoms. The second kappa shape index (κ2) is 7.55. The SMILES string of the molecule is Cc1ccn(CCCNC(=O)c2cc(-c3ccc(F)cc3)nc3ncnn23)n1.